The monoisotopic (exact) mass is 306 g/mol. The fourth-order valence-electron chi connectivity index (χ4n) is 1.62. The number of aliphatic hydroxyl groups is 3. The Balaban J connectivity index is 0. The molecule has 0 fully saturated rings. The van der Waals surface area contributed by atoms with Gasteiger partial charge >= 0.3 is 5.97 Å². The smallest absolute Gasteiger partial charge is 0.305 e. The molecule has 0 radical (unpaired) electrons. The van der Waals surface area contributed by atoms with Gasteiger partial charge in [0.05, 0.1) is 19.3 Å². The Morgan fingerprint density at radius 1 is 1.00 bits per heavy atom. The van der Waals surface area contributed by atoms with Crippen LogP contribution in [0.2, 0.25) is 0 Å². The maximum Gasteiger partial charge on any atom is 0.305 e. The second-order valence-corrected chi connectivity index (χ2v) is 5.09. The van der Waals surface area contributed by atoms with Gasteiger partial charge in [-0.3, -0.25) is 4.79 Å². The van der Waals surface area contributed by atoms with E-state index < -0.39 is 6.10 Å². The molecule has 5 nitrogen and oxygen atoms in total. The van der Waals surface area contributed by atoms with Crippen LogP contribution in [-0.4, -0.2) is 47.2 Å². The van der Waals surface area contributed by atoms with Crippen LogP contribution in [0.25, 0.3) is 0 Å². The first-order chi connectivity index (χ1) is 10.1. The van der Waals surface area contributed by atoms with Gasteiger partial charge in [-0.25, -0.2) is 0 Å². The maximum atomic E-state index is 11.0. The highest BCUT2D eigenvalue weighted by atomic mass is 16.5. The molecule has 0 heterocycles. The molecule has 0 aromatic carbocycles. The molecule has 0 bridgehead atoms. The number of hydrogen-bond acceptors (Lipinski definition) is 5. The fraction of sp³-hybridized carbons (Fsp3) is 0.938. The molecule has 21 heavy (non-hydrogen) atoms. The van der Waals surface area contributed by atoms with Gasteiger partial charge in [0.2, 0.25) is 0 Å². The highest BCUT2D eigenvalue weighted by molar-refractivity contribution is 5.69. The Morgan fingerprint density at radius 3 is 2.14 bits per heavy atom. The van der Waals surface area contributed by atoms with Gasteiger partial charge in [0.25, 0.3) is 0 Å². The molecule has 5 heteroatoms. The van der Waals surface area contributed by atoms with E-state index in [4.69, 9.17) is 20.1 Å². The number of hydrogen-bond donors (Lipinski definition) is 3. The Kier molecular flexibility index (Phi) is 20.9. The van der Waals surface area contributed by atoms with Crippen LogP contribution in [0.15, 0.2) is 0 Å². The summed E-state index contributed by atoms with van der Waals surface area (Å²) in [4.78, 5) is 11.0. The minimum absolute atomic E-state index is 0.0871. The lowest BCUT2D eigenvalue weighted by molar-refractivity contribution is -0.144. The summed E-state index contributed by atoms with van der Waals surface area (Å²) in [6.45, 7) is 4.48. The van der Waals surface area contributed by atoms with E-state index in [0.29, 0.717) is 25.9 Å². The summed E-state index contributed by atoms with van der Waals surface area (Å²) in [7, 11) is 0. The third kappa shape index (κ3) is 21.8. The fourth-order valence-corrected chi connectivity index (χ4v) is 1.62. The van der Waals surface area contributed by atoms with Crippen LogP contribution in [0.4, 0.5) is 0 Å². The maximum absolute atomic E-state index is 11.0. The number of aliphatic hydroxyl groups excluding tert-OH is 3. The Bertz CT molecular complexity index is 209. The van der Waals surface area contributed by atoms with Crippen LogP contribution in [0.1, 0.15) is 71.6 Å². The molecular weight excluding hydrogens is 272 g/mol. The topological polar surface area (TPSA) is 87.0 Å². The molecular formula is C16H34O5. The predicted octanol–water partition coefficient (Wildman–Crippen LogP) is 2.41. The van der Waals surface area contributed by atoms with Crippen molar-refractivity contribution < 1.29 is 24.9 Å². The third-order valence-corrected chi connectivity index (χ3v) is 2.88. The lowest BCUT2D eigenvalue weighted by Gasteiger charge is -2.03. The van der Waals surface area contributed by atoms with E-state index >= 15 is 0 Å². The minimum Gasteiger partial charge on any atom is -0.466 e. The van der Waals surface area contributed by atoms with Gasteiger partial charge in [-0.05, 0) is 12.8 Å². The van der Waals surface area contributed by atoms with Crippen LogP contribution < -0.4 is 0 Å². The normalized spacial score (nSPS) is 11.5. The van der Waals surface area contributed by atoms with Crippen LogP contribution in [0, 0.1) is 0 Å². The molecule has 0 aromatic heterocycles. The molecule has 1 unspecified atom stereocenters. The van der Waals surface area contributed by atoms with Crippen LogP contribution in [-0.2, 0) is 9.53 Å². The van der Waals surface area contributed by atoms with Crippen molar-refractivity contribution in [3.05, 3.63) is 0 Å². The van der Waals surface area contributed by atoms with Gasteiger partial charge in [0.15, 0.2) is 0 Å². The summed E-state index contributed by atoms with van der Waals surface area (Å²) in [5.41, 5.74) is 0. The van der Waals surface area contributed by atoms with E-state index in [1.165, 1.54) is 19.3 Å². The van der Waals surface area contributed by atoms with E-state index in [2.05, 4.69) is 6.92 Å². The van der Waals surface area contributed by atoms with Gasteiger partial charge in [0, 0.05) is 19.4 Å². The highest BCUT2D eigenvalue weighted by Gasteiger charge is 2.01. The van der Waals surface area contributed by atoms with Crippen LogP contribution in [0.5, 0.6) is 0 Å². The van der Waals surface area contributed by atoms with Crippen molar-refractivity contribution in [1.82, 2.24) is 0 Å². The van der Waals surface area contributed by atoms with E-state index in [1.54, 1.807) is 0 Å². The highest BCUT2D eigenvalue weighted by Crippen LogP contribution is 2.05. The van der Waals surface area contributed by atoms with Crippen LogP contribution in [0.3, 0.4) is 0 Å². The summed E-state index contributed by atoms with van der Waals surface area (Å²) in [5, 5.41) is 25.3. The molecule has 0 amide bonds. The van der Waals surface area contributed by atoms with Crippen molar-refractivity contribution in [2.75, 3.05) is 19.8 Å². The van der Waals surface area contributed by atoms with Gasteiger partial charge in [-0.2, -0.15) is 0 Å². The Hall–Kier alpha value is -0.650. The van der Waals surface area contributed by atoms with E-state index in [9.17, 15) is 4.79 Å². The zero-order valence-electron chi connectivity index (χ0n) is 13.7. The molecule has 0 rings (SSSR count). The number of esters is 1. The zero-order valence-corrected chi connectivity index (χ0v) is 13.7. The molecule has 0 aliphatic carbocycles. The second kappa shape index (κ2) is 19.4. The van der Waals surface area contributed by atoms with Gasteiger partial charge in [-0.15, -0.1) is 0 Å². The average Bonchev–Trinajstić information content (AvgIpc) is 2.48. The molecule has 0 spiro atoms. The number of unbranched alkanes of at least 4 members (excludes halogenated alkanes) is 4. The average molecular weight is 306 g/mol. The van der Waals surface area contributed by atoms with Crippen molar-refractivity contribution in [2.45, 2.75) is 77.7 Å². The predicted molar refractivity (Wildman–Crippen MR) is 84.0 cm³/mol. The lowest BCUT2D eigenvalue weighted by Crippen LogP contribution is -2.10. The summed E-state index contributed by atoms with van der Waals surface area (Å²) >= 11 is 0. The SMILES string of the molecule is CCCC(O)CO.CCCCCCCC(=O)OCCCO. The molecule has 0 aliphatic heterocycles. The van der Waals surface area contributed by atoms with E-state index in [-0.39, 0.29) is 19.2 Å². The largest absolute Gasteiger partial charge is 0.466 e. The van der Waals surface area contributed by atoms with Gasteiger partial charge < -0.3 is 20.1 Å². The molecule has 0 aromatic rings. The first kappa shape index (κ1) is 22.6. The van der Waals surface area contributed by atoms with E-state index in [0.717, 1.165) is 19.3 Å². The van der Waals surface area contributed by atoms with Crippen molar-refractivity contribution in [2.24, 2.45) is 0 Å². The Morgan fingerprint density at radius 2 is 1.67 bits per heavy atom. The number of carbonyl (C=O) groups is 1. The standard InChI is InChI=1S/C11H22O3.C5H12O2/c1-2-3-4-5-6-8-11(13)14-10-7-9-12;1-2-3-5(7)4-6/h12H,2-10H2,1H3;5-7H,2-4H2,1H3. The number of ether oxygens (including phenoxy) is 1. The second-order valence-electron chi connectivity index (χ2n) is 5.09. The quantitative estimate of drug-likeness (QED) is 0.381. The molecule has 0 aliphatic rings. The summed E-state index contributed by atoms with van der Waals surface area (Å²) < 4.78 is 4.89. The molecule has 0 saturated carbocycles. The summed E-state index contributed by atoms with van der Waals surface area (Å²) in [5.74, 6) is -0.130. The van der Waals surface area contributed by atoms with Crippen molar-refractivity contribution in [3.63, 3.8) is 0 Å². The first-order valence-electron chi connectivity index (χ1n) is 8.17. The molecule has 1 atom stereocenters. The zero-order chi connectivity index (χ0) is 16.3. The van der Waals surface area contributed by atoms with Gasteiger partial charge in [-0.1, -0.05) is 46.0 Å². The third-order valence-electron chi connectivity index (χ3n) is 2.88. The van der Waals surface area contributed by atoms with Crippen molar-refractivity contribution in [3.8, 4) is 0 Å². The number of rotatable bonds is 12. The molecule has 0 saturated heterocycles. The first-order valence-corrected chi connectivity index (χ1v) is 8.17. The van der Waals surface area contributed by atoms with Gasteiger partial charge in [0.1, 0.15) is 0 Å². The van der Waals surface area contributed by atoms with Crippen molar-refractivity contribution >= 4 is 5.97 Å². The summed E-state index contributed by atoms with van der Waals surface area (Å²) in [6.07, 6.45) is 7.93. The minimum atomic E-state index is -0.495. The Labute approximate surface area is 129 Å². The summed E-state index contributed by atoms with van der Waals surface area (Å²) in [6, 6.07) is 0. The molecule has 3 N–H and O–H groups in total. The lowest BCUT2D eigenvalue weighted by atomic mass is 10.1. The van der Waals surface area contributed by atoms with E-state index in [1.807, 2.05) is 6.92 Å². The molecule has 128 valence electrons. The van der Waals surface area contributed by atoms with Crippen molar-refractivity contribution in [1.29, 1.82) is 0 Å². The van der Waals surface area contributed by atoms with Crippen LogP contribution >= 0.6 is 0 Å². The number of carbonyl (C=O) groups excluding carboxylic acids is 1.